The van der Waals surface area contributed by atoms with Gasteiger partial charge in [0.05, 0.1) is 0 Å². The summed E-state index contributed by atoms with van der Waals surface area (Å²) in [4.78, 5) is 22.8. The number of hydrogen-bond acceptors (Lipinski definition) is 2. The number of carboxylic acids is 1. The van der Waals surface area contributed by atoms with Crippen molar-refractivity contribution < 1.29 is 14.7 Å². The molecule has 0 bridgehead atoms. The average Bonchev–Trinajstić information content (AvgIpc) is 2.34. The summed E-state index contributed by atoms with van der Waals surface area (Å²) in [5, 5.41) is 11.5. The minimum absolute atomic E-state index is 0.281. The van der Waals surface area contributed by atoms with Gasteiger partial charge in [-0.3, -0.25) is 4.79 Å². The Hall–Kier alpha value is -2.10. The Morgan fingerprint density at radius 3 is 2.44 bits per heavy atom. The van der Waals surface area contributed by atoms with E-state index in [0.29, 0.717) is 5.56 Å². The van der Waals surface area contributed by atoms with E-state index < -0.39 is 12.0 Å². The first-order valence-corrected chi connectivity index (χ1v) is 5.76. The molecule has 0 spiro atoms. The lowest BCUT2D eigenvalue weighted by molar-refractivity contribution is -0.139. The third-order valence-corrected chi connectivity index (χ3v) is 2.52. The highest BCUT2D eigenvalue weighted by Crippen LogP contribution is 2.04. The molecule has 1 aromatic rings. The molecule has 0 aliphatic carbocycles. The van der Waals surface area contributed by atoms with Crippen LogP contribution in [0.15, 0.2) is 36.4 Å². The van der Waals surface area contributed by atoms with Gasteiger partial charge in [-0.2, -0.15) is 0 Å². The Balaban J connectivity index is 2.72. The molecule has 0 heterocycles. The molecule has 1 amide bonds. The van der Waals surface area contributed by atoms with Crippen molar-refractivity contribution in [3.8, 4) is 0 Å². The number of carboxylic acid groups (broad SMARTS) is 1. The van der Waals surface area contributed by atoms with Crippen molar-refractivity contribution >= 4 is 11.9 Å². The van der Waals surface area contributed by atoms with Crippen LogP contribution in [0.5, 0.6) is 0 Å². The summed E-state index contributed by atoms with van der Waals surface area (Å²) in [5.74, 6) is -1.40. The number of nitrogens with one attached hydrogen (secondary N) is 1. The van der Waals surface area contributed by atoms with E-state index in [2.05, 4.69) is 5.32 Å². The SMILES string of the molecule is C/C=C/CC(NC(=O)c1ccc(C)cc1)C(=O)O. The summed E-state index contributed by atoms with van der Waals surface area (Å²) < 4.78 is 0. The Bertz CT molecular complexity index is 449. The molecule has 0 aromatic heterocycles. The van der Waals surface area contributed by atoms with Crippen LogP contribution in [0.25, 0.3) is 0 Å². The maximum atomic E-state index is 11.8. The highest BCUT2D eigenvalue weighted by Gasteiger charge is 2.18. The third-order valence-electron chi connectivity index (χ3n) is 2.52. The average molecular weight is 247 g/mol. The topological polar surface area (TPSA) is 66.4 Å². The van der Waals surface area contributed by atoms with E-state index in [1.807, 2.05) is 19.1 Å². The molecule has 1 unspecified atom stereocenters. The molecule has 0 fully saturated rings. The number of aryl methyl sites for hydroxylation is 1. The van der Waals surface area contributed by atoms with Gasteiger partial charge in [0.25, 0.3) is 5.91 Å². The normalized spacial score (nSPS) is 12.3. The van der Waals surface area contributed by atoms with E-state index in [-0.39, 0.29) is 12.3 Å². The summed E-state index contributed by atoms with van der Waals surface area (Å²) in [5.41, 5.74) is 1.52. The lowest BCUT2D eigenvalue weighted by Crippen LogP contribution is -2.40. The Morgan fingerprint density at radius 1 is 1.33 bits per heavy atom. The molecule has 0 aliphatic rings. The number of aliphatic carboxylic acids is 1. The monoisotopic (exact) mass is 247 g/mol. The lowest BCUT2D eigenvalue weighted by Gasteiger charge is -2.12. The molecule has 0 radical (unpaired) electrons. The van der Waals surface area contributed by atoms with Gasteiger partial charge in [0.1, 0.15) is 6.04 Å². The van der Waals surface area contributed by atoms with Crippen LogP contribution in [0, 0.1) is 6.92 Å². The van der Waals surface area contributed by atoms with E-state index in [1.165, 1.54) is 0 Å². The summed E-state index contributed by atoms with van der Waals surface area (Å²) >= 11 is 0. The molecule has 1 aromatic carbocycles. The van der Waals surface area contributed by atoms with Gasteiger partial charge in [0.15, 0.2) is 0 Å². The first kappa shape index (κ1) is 14.0. The third kappa shape index (κ3) is 4.05. The second kappa shape index (κ2) is 6.59. The van der Waals surface area contributed by atoms with Crippen LogP contribution < -0.4 is 5.32 Å². The van der Waals surface area contributed by atoms with Crippen LogP contribution in [0.2, 0.25) is 0 Å². The Morgan fingerprint density at radius 2 is 1.94 bits per heavy atom. The van der Waals surface area contributed by atoms with Gasteiger partial charge in [0.2, 0.25) is 0 Å². The molecule has 1 atom stereocenters. The fraction of sp³-hybridized carbons (Fsp3) is 0.286. The highest BCUT2D eigenvalue weighted by molar-refractivity contribution is 5.96. The van der Waals surface area contributed by atoms with Crippen molar-refractivity contribution in [2.75, 3.05) is 0 Å². The molecule has 0 saturated carbocycles. The summed E-state index contributed by atoms with van der Waals surface area (Å²) in [6.45, 7) is 3.73. The van der Waals surface area contributed by atoms with Crippen molar-refractivity contribution in [2.24, 2.45) is 0 Å². The number of hydrogen-bond donors (Lipinski definition) is 2. The predicted octanol–water partition coefficient (Wildman–Crippen LogP) is 2.14. The molecule has 4 heteroatoms. The molecule has 0 saturated heterocycles. The van der Waals surface area contributed by atoms with Crippen molar-refractivity contribution in [3.05, 3.63) is 47.5 Å². The first-order valence-electron chi connectivity index (χ1n) is 5.76. The highest BCUT2D eigenvalue weighted by atomic mass is 16.4. The quantitative estimate of drug-likeness (QED) is 0.783. The first-order chi connectivity index (χ1) is 8.54. The molecule has 18 heavy (non-hydrogen) atoms. The zero-order valence-electron chi connectivity index (χ0n) is 10.5. The zero-order chi connectivity index (χ0) is 13.5. The van der Waals surface area contributed by atoms with Crippen molar-refractivity contribution in [3.63, 3.8) is 0 Å². The minimum atomic E-state index is -1.03. The molecular formula is C14H17NO3. The van der Waals surface area contributed by atoms with Gasteiger partial charge in [0, 0.05) is 5.56 Å². The van der Waals surface area contributed by atoms with Crippen molar-refractivity contribution in [2.45, 2.75) is 26.3 Å². The van der Waals surface area contributed by atoms with Gasteiger partial charge in [-0.05, 0) is 32.4 Å². The number of rotatable bonds is 5. The van der Waals surface area contributed by atoms with Crippen molar-refractivity contribution in [1.29, 1.82) is 0 Å². The molecular weight excluding hydrogens is 230 g/mol. The van der Waals surface area contributed by atoms with E-state index in [0.717, 1.165) is 5.56 Å². The predicted molar refractivity (Wildman–Crippen MR) is 69.5 cm³/mol. The second-order valence-corrected chi connectivity index (χ2v) is 4.04. The maximum absolute atomic E-state index is 11.8. The lowest BCUT2D eigenvalue weighted by atomic mass is 10.1. The fourth-order valence-electron chi connectivity index (χ4n) is 1.44. The smallest absolute Gasteiger partial charge is 0.326 e. The number of benzene rings is 1. The van der Waals surface area contributed by atoms with Crippen molar-refractivity contribution in [1.82, 2.24) is 5.32 Å². The van der Waals surface area contributed by atoms with Crippen LogP contribution in [0.1, 0.15) is 29.3 Å². The minimum Gasteiger partial charge on any atom is -0.480 e. The molecule has 96 valence electrons. The standard InChI is InChI=1S/C14H17NO3/c1-3-4-5-12(14(17)18)15-13(16)11-8-6-10(2)7-9-11/h3-4,6-9,12H,5H2,1-2H3,(H,15,16)(H,17,18)/b4-3+. The number of allylic oxidation sites excluding steroid dienone is 1. The second-order valence-electron chi connectivity index (χ2n) is 4.04. The summed E-state index contributed by atoms with van der Waals surface area (Å²) in [6.07, 6.45) is 3.76. The van der Waals surface area contributed by atoms with Crippen LogP contribution in [-0.2, 0) is 4.79 Å². The summed E-state index contributed by atoms with van der Waals surface area (Å²) in [6, 6.07) is 6.10. The largest absolute Gasteiger partial charge is 0.480 e. The van der Waals surface area contributed by atoms with Gasteiger partial charge in [-0.15, -0.1) is 0 Å². The Kier molecular flexibility index (Phi) is 5.11. The zero-order valence-corrected chi connectivity index (χ0v) is 10.5. The molecule has 2 N–H and O–H groups in total. The van der Waals surface area contributed by atoms with Gasteiger partial charge >= 0.3 is 5.97 Å². The van der Waals surface area contributed by atoms with Gasteiger partial charge < -0.3 is 10.4 Å². The number of amides is 1. The maximum Gasteiger partial charge on any atom is 0.326 e. The van der Waals surface area contributed by atoms with E-state index >= 15 is 0 Å². The Labute approximate surface area is 106 Å². The summed E-state index contributed by atoms with van der Waals surface area (Å²) in [7, 11) is 0. The van der Waals surface area contributed by atoms with Crippen LogP contribution in [-0.4, -0.2) is 23.0 Å². The van der Waals surface area contributed by atoms with Crippen LogP contribution >= 0.6 is 0 Å². The molecule has 0 aliphatic heterocycles. The fourth-order valence-corrected chi connectivity index (χ4v) is 1.44. The number of carbonyl (C=O) groups is 2. The van der Waals surface area contributed by atoms with Crippen LogP contribution in [0.4, 0.5) is 0 Å². The van der Waals surface area contributed by atoms with Crippen LogP contribution in [0.3, 0.4) is 0 Å². The molecule has 4 nitrogen and oxygen atoms in total. The number of carbonyl (C=O) groups excluding carboxylic acids is 1. The van der Waals surface area contributed by atoms with Gasteiger partial charge in [-0.25, -0.2) is 4.79 Å². The van der Waals surface area contributed by atoms with E-state index in [1.54, 1.807) is 31.2 Å². The van der Waals surface area contributed by atoms with E-state index in [4.69, 9.17) is 5.11 Å². The van der Waals surface area contributed by atoms with E-state index in [9.17, 15) is 9.59 Å². The molecule has 1 rings (SSSR count). The van der Waals surface area contributed by atoms with Gasteiger partial charge in [-0.1, -0.05) is 29.8 Å².